The number of halogens is 4. The quantitative estimate of drug-likeness (QED) is 0.104. The summed E-state index contributed by atoms with van der Waals surface area (Å²) < 4.78 is 62.7. The normalized spacial score (nSPS) is 11.0. The number of hydrogen-bond donors (Lipinski definition) is 0. The van der Waals surface area contributed by atoms with Crippen molar-refractivity contribution in [2.45, 2.75) is 0 Å². The number of aromatic nitrogens is 3. The molecule has 0 amide bonds. The van der Waals surface area contributed by atoms with Crippen LogP contribution in [0.3, 0.4) is 0 Å². The summed E-state index contributed by atoms with van der Waals surface area (Å²) in [5.74, 6) is -7.14. The van der Waals surface area contributed by atoms with E-state index in [0.717, 1.165) is 0 Å². The van der Waals surface area contributed by atoms with Crippen LogP contribution in [0, 0.1) is 57.3 Å². The highest BCUT2D eigenvalue weighted by Crippen LogP contribution is 2.45. The zero-order chi connectivity index (χ0) is 36.1. The molecule has 52 heavy (non-hydrogen) atoms. The van der Waals surface area contributed by atoms with Crippen LogP contribution in [0.2, 0.25) is 0 Å². The topological polar surface area (TPSA) is 110 Å². The number of rotatable bonds is 4. The fraction of sp³-hybridized carbons (Fsp3) is 0. The summed E-state index contributed by atoms with van der Waals surface area (Å²) in [6, 6.07) is 35.8. The first kappa shape index (κ1) is 31.8. The summed E-state index contributed by atoms with van der Waals surface area (Å²) in [6.45, 7) is 0. The lowest BCUT2D eigenvalue weighted by molar-refractivity contribution is 0.454. The van der Waals surface area contributed by atoms with E-state index in [2.05, 4.69) is 12.1 Å². The number of nitriles is 3. The van der Waals surface area contributed by atoms with E-state index < -0.39 is 34.4 Å². The minimum atomic E-state index is -1.83. The Labute approximate surface area is 292 Å². The first-order chi connectivity index (χ1) is 25.3. The van der Waals surface area contributed by atoms with E-state index in [1.54, 1.807) is 97.1 Å². The number of hydrogen-bond acceptors (Lipinski definition) is 6. The van der Waals surface area contributed by atoms with Crippen LogP contribution in [0.5, 0.6) is 0 Å². The van der Waals surface area contributed by atoms with Crippen molar-refractivity contribution in [3.05, 3.63) is 149 Å². The highest BCUT2D eigenvalue weighted by atomic mass is 19.2. The van der Waals surface area contributed by atoms with E-state index in [1.807, 2.05) is 6.07 Å². The van der Waals surface area contributed by atoms with E-state index >= 15 is 17.6 Å². The second-order valence-electron chi connectivity index (χ2n) is 11.8. The molecule has 0 radical (unpaired) electrons. The van der Waals surface area contributed by atoms with Gasteiger partial charge >= 0.3 is 0 Å². The maximum Gasteiger partial charge on any atom is 0.180 e. The Hall–Kier alpha value is -7.48. The molecule has 0 unspecified atom stereocenters. The maximum absolute atomic E-state index is 16.1. The number of nitrogens with zero attached hydrogens (tertiary/aromatic N) is 6. The Balaban J connectivity index is 1.62. The van der Waals surface area contributed by atoms with Crippen LogP contribution in [-0.4, -0.2) is 15.0 Å². The number of benzene rings is 6. The molecular weight excluding hydrogens is 664 g/mol. The van der Waals surface area contributed by atoms with Gasteiger partial charge in [-0.25, -0.2) is 32.5 Å². The minimum absolute atomic E-state index is 0.109. The molecule has 2 aromatic heterocycles. The summed E-state index contributed by atoms with van der Waals surface area (Å²) >= 11 is 0. The van der Waals surface area contributed by atoms with Gasteiger partial charge < -0.3 is 0 Å². The van der Waals surface area contributed by atoms with E-state index in [-0.39, 0.29) is 22.0 Å². The molecule has 0 fully saturated rings. The molecule has 6 aromatic carbocycles. The van der Waals surface area contributed by atoms with Crippen LogP contribution >= 0.6 is 0 Å². The van der Waals surface area contributed by atoms with Gasteiger partial charge in [0.25, 0.3) is 0 Å². The van der Waals surface area contributed by atoms with Crippen molar-refractivity contribution in [3.63, 3.8) is 0 Å². The van der Waals surface area contributed by atoms with Gasteiger partial charge in [0, 0.05) is 32.8 Å². The van der Waals surface area contributed by atoms with Crippen LogP contribution in [0.25, 0.3) is 77.6 Å². The predicted octanol–water partition coefficient (Wildman–Crippen LogP) is 10.2. The number of para-hydroxylation sites is 1. The SMILES string of the molecule is N#Cc1ccc(-c2nc3cc(-c4c(F)c(F)c(C#N)c(F)c4F)c4c5ccccc5nc(-c5ccccc5)c4c3nc2-c2ccc(C#N)cc2)cc1. The van der Waals surface area contributed by atoms with Crippen molar-refractivity contribution in [1.29, 1.82) is 15.8 Å². The summed E-state index contributed by atoms with van der Waals surface area (Å²) in [5.41, 5.74) is 1.81. The third kappa shape index (κ3) is 4.96. The van der Waals surface area contributed by atoms with Gasteiger partial charge in [-0.3, -0.25) is 0 Å². The Morgan fingerprint density at radius 3 is 1.56 bits per heavy atom. The monoisotopic (exact) mass is 682 g/mol. The van der Waals surface area contributed by atoms with E-state index in [0.29, 0.717) is 61.2 Å². The molecule has 0 bridgehead atoms. The predicted molar refractivity (Wildman–Crippen MR) is 188 cm³/mol. The smallest absolute Gasteiger partial charge is 0.180 e. The van der Waals surface area contributed by atoms with Crippen LogP contribution in [0.4, 0.5) is 17.6 Å². The molecule has 8 rings (SSSR count). The van der Waals surface area contributed by atoms with Crippen molar-refractivity contribution >= 4 is 32.7 Å². The van der Waals surface area contributed by atoms with Gasteiger partial charge in [-0.05, 0) is 42.0 Å². The molecule has 6 nitrogen and oxygen atoms in total. The Kier molecular flexibility index (Phi) is 7.60. The number of pyridine rings is 1. The van der Waals surface area contributed by atoms with Crippen molar-refractivity contribution in [1.82, 2.24) is 15.0 Å². The van der Waals surface area contributed by atoms with Crippen LogP contribution < -0.4 is 0 Å². The molecule has 0 N–H and O–H groups in total. The molecule has 0 aliphatic rings. The molecule has 0 aliphatic carbocycles. The molecule has 2 heterocycles. The fourth-order valence-corrected chi connectivity index (χ4v) is 6.44. The molecule has 0 saturated heterocycles. The molecule has 0 aliphatic heterocycles. The molecule has 8 aromatic rings. The van der Waals surface area contributed by atoms with Gasteiger partial charge in [0.1, 0.15) is 11.6 Å². The van der Waals surface area contributed by atoms with Gasteiger partial charge in [-0.2, -0.15) is 15.8 Å². The first-order valence-electron chi connectivity index (χ1n) is 15.7. The summed E-state index contributed by atoms with van der Waals surface area (Å²) in [7, 11) is 0. The molecular formula is C42H18F4N6. The largest absolute Gasteiger partial charge is 0.247 e. The van der Waals surface area contributed by atoms with E-state index in [9.17, 15) is 15.8 Å². The maximum atomic E-state index is 16.1. The second kappa shape index (κ2) is 12.4. The van der Waals surface area contributed by atoms with Gasteiger partial charge in [0.2, 0.25) is 0 Å². The highest BCUT2D eigenvalue weighted by molar-refractivity contribution is 6.25. The second-order valence-corrected chi connectivity index (χ2v) is 11.8. The molecule has 244 valence electrons. The van der Waals surface area contributed by atoms with E-state index in [4.69, 9.17) is 15.0 Å². The summed E-state index contributed by atoms with van der Waals surface area (Å²) in [5, 5.41) is 29.1. The van der Waals surface area contributed by atoms with Gasteiger partial charge in [-0.1, -0.05) is 72.8 Å². The Bertz CT molecular complexity index is 2880. The van der Waals surface area contributed by atoms with Crippen LogP contribution in [-0.2, 0) is 0 Å². The van der Waals surface area contributed by atoms with Crippen LogP contribution in [0.1, 0.15) is 16.7 Å². The van der Waals surface area contributed by atoms with Gasteiger partial charge in [0.15, 0.2) is 23.3 Å². The summed E-state index contributed by atoms with van der Waals surface area (Å²) in [6.07, 6.45) is 0. The van der Waals surface area contributed by atoms with E-state index in [1.165, 1.54) is 12.1 Å². The standard InChI is InChI=1S/C42H18F4N6/c43-35-29(21-49)36(44)38(46)33(37(35)45)28-18-31-42(34-32(28)27-8-4-5-9-30(27)50-39(34)24-6-2-1-3-7-24)52-41(26-16-12-23(20-48)13-17-26)40(51-31)25-14-10-22(19-47)11-15-25/h1-18H. The third-order valence-electron chi connectivity index (χ3n) is 8.87. The number of fused-ring (bicyclic) bond motifs is 5. The first-order valence-corrected chi connectivity index (χ1v) is 15.7. The zero-order valence-electron chi connectivity index (χ0n) is 26.6. The summed E-state index contributed by atoms with van der Waals surface area (Å²) in [4.78, 5) is 15.1. The molecule has 10 heteroatoms. The third-order valence-corrected chi connectivity index (χ3v) is 8.87. The van der Waals surface area contributed by atoms with Crippen LogP contribution in [0.15, 0.2) is 109 Å². The Morgan fingerprint density at radius 2 is 0.981 bits per heavy atom. The fourth-order valence-electron chi connectivity index (χ4n) is 6.44. The zero-order valence-corrected chi connectivity index (χ0v) is 26.6. The van der Waals surface area contributed by atoms with Crippen molar-refractivity contribution in [2.24, 2.45) is 0 Å². The van der Waals surface area contributed by atoms with Crippen molar-refractivity contribution in [2.75, 3.05) is 0 Å². The molecule has 0 atom stereocenters. The van der Waals surface area contributed by atoms with Gasteiger partial charge in [0.05, 0.1) is 62.5 Å². The Morgan fingerprint density at radius 1 is 0.462 bits per heavy atom. The minimum Gasteiger partial charge on any atom is -0.247 e. The lowest BCUT2D eigenvalue weighted by Gasteiger charge is -2.19. The average Bonchev–Trinajstić information content (AvgIpc) is 3.20. The molecule has 0 saturated carbocycles. The lowest BCUT2D eigenvalue weighted by atomic mass is 9.90. The average molecular weight is 683 g/mol. The molecule has 0 spiro atoms. The lowest BCUT2D eigenvalue weighted by Crippen LogP contribution is -2.05. The van der Waals surface area contributed by atoms with Gasteiger partial charge in [-0.15, -0.1) is 0 Å². The highest BCUT2D eigenvalue weighted by Gasteiger charge is 2.30. The van der Waals surface area contributed by atoms with Crippen molar-refractivity contribution in [3.8, 4) is 63.1 Å². The van der Waals surface area contributed by atoms with Crippen molar-refractivity contribution < 1.29 is 17.6 Å².